The highest BCUT2D eigenvalue weighted by Gasteiger charge is 2.26. The van der Waals surface area contributed by atoms with Crippen LogP contribution in [0.1, 0.15) is 10.6 Å². The van der Waals surface area contributed by atoms with Gasteiger partial charge >= 0.3 is 6.09 Å². The molecule has 1 aliphatic rings. The topological polar surface area (TPSA) is 53.4 Å². The van der Waals surface area contributed by atoms with E-state index in [1.54, 1.807) is 11.3 Å². The summed E-state index contributed by atoms with van der Waals surface area (Å²) in [5.74, 6) is 0. The van der Waals surface area contributed by atoms with E-state index in [9.17, 15) is 4.79 Å². The highest BCUT2D eigenvalue weighted by molar-refractivity contribution is 7.15. The maximum atomic E-state index is 10.8. The largest absolute Gasteiger partial charge is 0.465 e. The van der Waals surface area contributed by atoms with Crippen molar-refractivity contribution in [1.82, 2.24) is 9.88 Å². The molecule has 2 heterocycles. The number of hydrogen-bond acceptors (Lipinski definition) is 3. The normalized spacial score (nSPS) is 13.8. The molecule has 3 rings (SSSR count). The first-order chi connectivity index (χ1) is 8.24. The van der Waals surface area contributed by atoms with Crippen molar-refractivity contribution in [1.29, 1.82) is 0 Å². The minimum absolute atomic E-state index is 0.411. The summed E-state index contributed by atoms with van der Waals surface area (Å²) in [6.45, 7) is 0.878. The lowest BCUT2D eigenvalue weighted by Gasteiger charge is -2.09. The van der Waals surface area contributed by atoms with Crippen molar-refractivity contribution in [3.8, 4) is 10.6 Å². The van der Waals surface area contributed by atoms with Gasteiger partial charge in [0.25, 0.3) is 0 Å². The minimum Gasteiger partial charge on any atom is -0.465 e. The molecule has 0 radical (unpaired) electrons. The van der Waals surface area contributed by atoms with E-state index in [1.165, 1.54) is 4.90 Å². The van der Waals surface area contributed by atoms with E-state index in [0.29, 0.717) is 13.1 Å². The van der Waals surface area contributed by atoms with Crippen LogP contribution in [0.2, 0.25) is 0 Å². The monoisotopic (exact) mass is 246 g/mol. The Bertz CT molecular complexity index is 542. The number of amides is 1. The SMILES string of the molecule is O=C(O)N1Cc2nc(-c3ccccc3)sc2C1. The Morgan fingerprint density at radius 3 is 2.71 bits per heavy atom. The summed E-state index contributed by atoms with van der Waals surface area (Å²) in [7, 11) is 0. The van der Waals surface area contributed by atoms with Crippen molar-refractivity contribution >= 4 is 17.4 Å². The second-order valence-electron chi connectivity index (χ2n) is 3.89. The lowest BCUT2D eigenvalue weighted by molar-refractivity contribution is 0.145. The molecule has 0 saturated carbocycles. The predicted molar refractivity (Wildman–Crippen MR) is 64.8 cm³/mol. The van der Waals surface area contributed by atoms with Crippen LogP contribution in [0.25, 0.3) is 10.6 Å². The van der Waals surface area contributed by atoms with Gasteiger partial charge in [-0.25, -0.2) is 9.78 Å². The Hall–Kier alpha value is -1.88. The third-order valence-corrected chi connectivity index (χ3v) is 3.88. The van der Waals surface area contributed by atoms with Gasteiger partial charge in [0.1, 0.15) is 5.01 Å². The first-order valence-corrected chi connectivity index (χ1v) is 6.07. The van der Waals surface area contributed by atoms with Crippen molar-refractivity contribution < 1.29 is 9.90 Å². The van der Waals surface area contributed by atoms with E-state index in [2.05, 4.69) is 4.98 Å². The average Bonchev–Trinajstić information content (AvgIpc) is 2.87. The number of rotatable bonds is 1. The van der Waals surface area contributed by atoms with Crippen molar-refractivity contribution in [2.45, 2.75) is 13.1 Å². The van der Waals surface area contributed by atoms with Crippen LogP contribution in [0.15, 0.2) is 30.3 Å². The molecule has 0 fully saturated rings. The van der Waals surface area contributed by atoms with Crippen LogP contribution in [0.5, 0.6) is 0 Å². The molecule has 2 aromatic rings. The van der Waals surface area contributed by atoms with Crippen molar-refractivity contribution in [3.63, 3.8) is 0 Å². The standard InChI is InChI=1S/C12H10N2O2S/c15-12(16)14-6-9-10(7-14)17-11(13-9)8-4-2-1-3-5-8/h1-5H,6-7H2,(H,15,16). The van der Waals surface area contributed by atoms with Crippen LogP contribution >= 0.6 is 11.3 Å². The minimum atomic E-state index is -0.878. The fourth-order valence-corrected chi connectivity index (χ4v) is 2.97. The maximum Gasteiger partial charge on any atom is 0.407 e. The molecule has 17 heavy (non-hydrogen) atoms. The third kappa shape index (κ3) is 1.78. The van der Waals surface area contributed by atoms with Gasteiger partial charge in [0.15, 0.2) is 0 Å². The zero-order valence-electron chi connectivity index (χ0n) is 8.96. The molecule has 1 amide bonds. The van der Waals surface area contributed by atoms with Crippen LogP contribution in [0, 0.1) is 0 Å². The highest BCUT2D eigenvalue weighted by atomic mass is 32.1. The van der Waals surface area contributed by atoms with Crippen LogP contribution in [0.4, 0.5) is 4.79 Å². The van der Waals surface area contributed by atoms with Crippen LogP contribution in [-0.2, 0) is 13.1 Å². The second kappa shape index (κ2) is 3.85. The second-order valence-corrected chi connectivity index (χ2v) is 4.98. The molecule has 86 valence electrons. The van der Waals surface area contributed by atoms with Gasteiger partial charge in [-0.1, -0.05) is 30.3 Å². The smallest absolute Gasteiger partial charge is 0.407 e. The Labute approximate surface area is 102 Å². The Balaban J connectivity index is 1.90. The number of thiazole rings is 1. The molecular weight excluding hydrogens is 236 g/mol. The van der Waals surface area contributed by atoms with E-state index in [4.69, 9.17) is 5.11 Å². The number of carboxylic acid groups (broad SMARTS) is 1. The molecule has 0 bridgehead atoms. The van der Waals surface area contributed by atoms with Gasteiger partial charge in [0.05, 0.1) is 18.8 Å². The maximum absolute atomic E-state index is 10.8. The molecule has 1 aromatic heterocycles. The molecule has 4 nitrogen and oxygen atoms in total. The summed E-state index contributed by atoms with van der Waals surface area (Å²) in [6.07, 6.45) is -0.878. The Kier molecular flexibility index (Phi) is 2.33. The van der Waals surface area contributed by atoms with E-state index in [0.717, 1.165) is 21.1 Å². The van der Waals surface area contributed by atoms with Gasteiger partial charge in [-0.2, -0.15) is 0 Å². The average molecular weight is 246 g/mol. The zero-order chi connectivity index (χ0) is 11.8. The number of aromatic nitrogens is 1. The first kappa shape index (κ1) is 10.3. The fourth-order valence-electron chi connectivity index (χ4n) is 1.88. The number of nitrogens with zero attached hydrogens (tertiary/aromatic N) is 2. The van der Waals surface area contributed by atoms with Gasteiger partial charge in [-0.3, -0.25) is 4.90 Å². The molecule has 0 saturated heterocycles. The first-order valence-electron chi connectivity index (χ1n) is 5.26. The molecule has 0 spiro atoms. The number of fused-ring (bicyclic) bond motifs is 1. The van der Waals surface area contributed by atoms with Gasteiger partial charge in [0, 0.05) is 10.4 Å². The molecule has 1 N–H and O–H groups in total. The number of hydrogen-bond donors (Lipinski definition) is 1. The van der Waals surface area contributed by atoms with Gasteiger partial charge < -0.3 is 5.11 Å². The molecular formula is C12H10N2O2S. The molecule has 0 aliphatic carbocycles. The van der Waals surface area contributed by atoms with E-state index in [1.807, 2.05) is 30.3 Å². The Morgan fingerprint density at radius 1 is 1.29 bits per heavy atom. The summed E-state index contributed by atoms with van der Waals surface area (Å²) in [5.41, 5.74) is 1.99. The predicted octanol–water partition coefficient (Wildman–Crippen LogP) is 2.80. The highest BCUT2D eigenvalue weighted by Crippen LogP contribution is 2.33. The van der Waals surface area contributed by atoms with Gasteiger partial charge in [-0.05, 0) is 0 Å². The van der Waals surface area contributed by atoms with E-state index < -0.39 is 6.09 Å². The van der Waals surface area contributed by atoms with Crippen molar-refractivity contribution in [2.75, 3.05) is 0 Å². The fraction of sp³-hybridized carbons (Fsp3) is 0.167. The summed E-state index contributed by atoms with van der Waals surface area (Å²) in [5, 5.41) is 9.87. The van der Waals surface area contributed by atoms with E-state index in [-0.39, 0.29) is 0 Å². The Morgan fingerprint density at radius 2 is 2.06 bits per heavy atom. The molecule has 0 unspecified atom stereocenters. The van der Waals surface area contributed by atoms with E-state index >= 15 is 0 Å². The third-order valence-electron chi connectivity index (χ3n) is 2.74. The number of benzene rings is 1. The van der Waals surface area contributed by atoms with Crippen molar-refractivity contribution in [3.05, 3.63) is 40.9 Å². The van der Waals surface area contributed by atoms with Crippen LogP contribution in [0.3, 0.4) is 0 Å². The molecule has 5 heteroatoms. The summed E-state index contributed by atoms with van der Waals surface area (Å²) in [4.78, 5) is 17.8. The molecule has 0 atom stereocenters. The quantitative estimate of drug-likeness (QED) is 0.841. The summed E-state index contributed by atoms with van der Waals surface area (Å²) >= 11 is 1.58. The summed E-state index contributed by atoms with van der Waals surface area (Å²) in [6, 6.07) is 9.96. The summed E-state index contributed by atoms with van der Waals surface area (Å²) < 4.78 is 0. The lowest BCUT2D eigenvalue weighted by Crippen LogP contribution is -2.22. The van der Waals surface area contributed by atoms with Gasteiger partial charge in [0.2, 0.25) is 0 Å². The lowest BCUT2D eigenvalue weighted by atomic mass is 10.2. The zero-order valence-corrected chi connectivity index (χ0v) is 9.78. The van der Waals surface area contributed by atoms with Crippen molar-refractivity contribution in [2.24, 2.45) is 0 Å². The molecule has 1 aliphatic heterocycles. The van der Waals surface area contributed by atoms with Gasteiger partial charge in [-0.15, -0.1) is 11.3 Å². The van der Waals surface area contributed by atoms with Crippen LogP contribution in [-0.4, -0.2) is 21.1 Å². The number of carbonyl (C=O) groups is 1. The molecule has 1 aromatic carbocycles. The van der Waals surface area contributed by atoms with Crippen LogP contribution < -0.4 is 0 Å².